The van der Waals surface area contributed by atoms with Gasteiger partial charge in [-0.1, -0.05) is 36.5 Å². The molecular formula is C36H42N4. The summed E-state index contributed by atoms with van der Waals surface area (Å²) in [5.74, 6) is 0. The number of hydrogen-bond donors (Lipinski definition) is 0. The summed E-state index contributed by atoms with van der Waals surface area (Å²) in [6.07, 6.45) is 11.5. The van der Waals surface area contributed by atoms with Crippen molar-refractivity contribution in [1.29, 1.82) is 0 Å². The first-order valence-corrected chi connectivity index (χ1v) is 13.6. The molecule has 0 bridgehead atoms. The normalized spacial score (nSPS) is 10.2. The maximum Gasteiger partial charge on any atom is 0.0463 e. The average Bonchev–Trinajstić information content (AvgIpc) is 2.98. The van der Waals surface area contributed by atoms with E-state index < -0.39 is 0 Å². The van der Waals surface area contributed by atoms with Crippen molar-refractivity contribution in [1.82, 2.24) is 0 Å². The third kappa shape index (κ3) is 7.67. The minimum absolute atomic E-state index is 0.760. The Morgan fingerprint density at radius 1 is 0.325 bits per heavy atom. The van der Waals surface area contributed by atoms with Crippen molar-refractivity contribution in [2.75, 3.05) is 58.9 Å². The number of hydrogen-bond acceptors (Lipinski definition) is 4. The minimum Gasteiger partial charge on any atom is -0.364 e. The van der Waals surface area contributed by atoms with Gasteiger partial charge in [-0.3, -0.25) is 0 Å². The first-order valence-electron chi connectivity index (χ1n) is 13.6. The van der Waals surface area contributed by atoms with Gasteiger partial charge in [-0.25, -0.2) is 0 Å². The van der Waals surface area contributed by atoms with E-state index in [-0.39, 0.29) is 0 Å². The van der Waals surface area contributed by atoms with Crippen molar-refractivity contribution in [3.63, 3.8) is 0 Å². The first kappa shape index (κ1) is 29.9. The van der Waals surface area contributed by atoms with E-state index in [1.165, 1.54) is 0 Å². The molecule has 0 N–H and O–H groups in total. The molecule has 4 nitrogen and oxygen atoms in total. The third-order valence-electron chi connectivity index (χ3n) is 6.52. The van der Waals surface area contributed by atoms with Gasteiger partial charge in [0.1, 0.15) is 0 Å². The van der Waals surface area contributed by atoms with Gasteiger partial charge in [0.25, 0.3) is 0 Å². The molecule has 3 aromatic carbocycles. The van der Waals surface area contributed by atoms with E-state index in [2.05, 4.69) is 132 Å². The molecule has 0 aliphatic carbocycles. The Morgan fingerprint density at radius 3 is 0.675 bits per heavy atom. The Labute approximate surface area is 241 Å². The molecule has 206 valence electrons. The monoisotopic (exact) mass is 530 g/mol. The molecule has 0 aromatic heterocycles. The van der Waals surface area contributed by atoms with E-state index in [0.717, 1.165) is 73.4 Å². The molecule has 0 saturated carbocycles. The molecule has 0 heterocycles. The van der Waals surface area contributed by atoms with Crippen LogP contribution in [0.5, 0.6) is 0 Å². The van der Waals surface area contributed by atoms with Gasteiger partial charge in [0.05, 0.1) is 0 Å². The number of rotatable bonds is 18. The molecule has 4 heteroatoms. The second kappa shape index (κ2) is 15.6. The molecule has 0 saturated heterocycles. The van der Waals surface area contributed by atoms with Crippen LogP contribution >= 0.6 is 0 Å². The van der Waals surface area contributed by atoms with Crippen LogP contribution in [0, 0.1) is 0 Å². The molecule has 3 aromatic rings. The summed E-state index contributed by atoms with van der Waals surface area (Å²) in [6, 6.07) is 25.9. The maximum absolute atomic E-state index is 3.91. The zero-order valence-electron chi connectivity index (χ0n) is 23.7. The molecule has 0 fully saturated rings. The maximum atomic E-state index is 3.91. The fourth-order valence-corrected chi connectivity index (χ4v) is 4.68. The smallest absolute Gasteiger partial charge is 0.0463 e. The number of anilines is 6. The second-order valence-electron chi connectivity index (χ2n) is 9.33. The van der Waals surface area contributed by atoms with Crippen LogP contribution in [-0.2, 0) is 0 Å². The molecular weight excluding hydrogens is 488 g/mol. The summed E-state index contributed by atoms with van der Waals surface area (Å²) in [5, 5.41) is 0. The summed E-state index contributed by atoms with van der Waals surface area (Å²) in [5.41, 5.74) is 6.60. The van der Waals surface area contributed by atoms with Crippen LogP contribution in [0.4, 0.5) is 34.1 Å². The SMILES string of the molecule is C=CCN(CC=C)c1ccc(N(c2ccc(N(CC=C)CC=C)cc2)c2ccc(N(CC=C)CC=C)cc2)cc1. The summed E-state index contributed by atoms with van der Waals surface area (Å²) in [4.78, 5) is 8.98. The van der Waals surface area contributed by atoms with Crippen LogP contribution < -0.4 is 19.6 Å². The van der Waals surface area contributed by atoms with Crippen molar-refractivity contribution < 1.29 is 0 Å². The molecule has 0 radical (unpaired) electrons. The highest BCUT2D eigenvalue weighted by molar-refractivity contribution is 5.79. The fraction of sp³-hybridized carbons (Fsp3) is 0.167. The largest absolute Gasteiger partial charge is 0.364 e. The van der Waals surface area contributed by atoms with Gasteiger partial charge in [0.2, 0.25) is 0 Å². The molecule has 3 rings (SSSR count). The molecule has 0 spiro atoms. The van der Waals surface area contributed by atoms with Gasteiger partial charge in [-0.15, -0.1) is 39.5 Å². The highest BCUT2D eigenvalue weighted by Crippen LogP contribution is 2.37. The Balaban J connectivity index is 2.03. The summed E-state index contributed by atoms with van der Waals surface area (Å²) >= 11 is 0. The Morgan fingerprint density at radius 2 is 0.500 bits per heavy atom. The van der Waals surface area contributed by atoms with E-state index >= 15 is 0 Å². The highest BCUT2D eigenvalue weighted by atomic mass is 15.2. The molecule has 0 aliphatic rings. The van der Waals surface area contributed by atoms with Gasteiger partial charge in [-0.2, -0.15) is 0 Å². The Kier molecular flexibility index (Phi) is 11.7. The lowest BCUT2D eigenvalue weighted by molar-refractivity contribution is 0.955. The second-order valence-corrected chi connectivity index (χ2v) is 9.33. The lowest BCUT2D eigenvalue weighted by Gasteiger charge is -2.29. The minimum atomic E-state index is 0.760. The van der Waals surface area contributed by atoms with Crippen LogP contribution in [0.3, 0.4) is 0 Å². The zero-order valence-corrected chi connectivity index (χ0v) is 23.7. The quantitative estimate of drug-likeness (QED) is 0.153. The summed E-state index contributed by atoms with van der Waals surface area (Å²) in [6.45, 7) is 28.0. The summed E-state index contributed by atoms with van der Waals surface area (Å²) < 4.78 is 0. The van der Waals surface area contributed by atoms with E-state index in [1.807, 2.05) is 36.5 Å². The molecule has 0 aliphatic heterocycles. The molecule has 0 amide bonds. The zero-order chi connectivity index (χ0) is 28.7. The van der Waals surface area contributed by atoms with Crippen LogP contribution in [0.25, 0.3) is 0 Å². The van der Waals surface area contributed by atoms with Gasteiger partial charge in [0, 0.05) is 73.4 Å². The first-order chi connectivity index (χ1) is 19.6. The van der Waals surface area contributed by atoms with Crippen molar-refractivity contribution in [3.05, 3.63) is 149 Å². The van der Waals surface area contributed by atoms with E-state index in [0.29, 0.717) is 0 Å². The van der Waals surface area contributed by atoms with E-state index in [1.54, 1.807) is 0 Å². The molecule has 0 atom stereocenters. The van der Waals surface area contributed by atoms with Crippen LogP contribution in [0.2, 0.25) is 0 Å². The van der Waals surface area contributed by atoms with Crippen LogP contribution in [0.15, 0.2) is 149 Å². The van der Waals surface area contributed by atoms with Crippen molar-refractivity contribution >= 4 is 34.1 Å². The van der Waals surface area contributed by atoms with E-state index in [4.69, 9.17) is 0 Å². The number of benzene rings is 3. The van der Waals surface area contributed by atoms with Crippen LogP contribution in [0.1, 0.15) is 0 Å². The van der Waals surface area contributed by atoms with Gasteiger partial charge >= 0.3 is 0 Å². The molecule has 40 heavy (non-hydrogen) atoms. The molecule has 0 unspecified atom stereocenters. The van der Waals surface area contributed by atoms with E-state index in [9.17, 15) is 0 Å². The van der Waals surface area contributed by atoms with Gasteiger partial charge < -0.3 is 19.6 Å². The Hall–Kier alpha value is -4.70. The lowest BCUT2D eigenvalue weighted by Crippen LogP contribution is -2.23. The lowest BCUT2D eigenvalue weighted by atomic mass is 10.1. The standard InChI is InChI=1S/C36H42N4/c1-7-25-37(26-8-2)31-13-19-34(20-14-31)40(35-21-15-32(16-22-35)38(27-9-3)28-10-4)36-23-17-33(18-24-36)39(29-11-5)30-12-6/h7-24H,1-6,25-30H2. The van der Waals surface area contributed by atoms with Crippen molar-refractivity contribution in [2.45, 2.75) is 0 Å². The van der Waals surface area contributed by atoms with Gasteiger partial charge in [0.15, 0.2) is 0 Å². The van der Waals surface area contributed by atoms with Crippen molar-refractivity contribution in [3.8, 4) is 0 Å². The van der Waals surface area contributed by atoms with Gasteiger partial charge in [-0.05, 0) is 72.8 Å². The van der Waals surface area contributed by atoms with Crippen molar-refractivity contribution in [2.24, 2.45) is 0 Å². The average molecular weight is 531 g/mol. The predicted molar refractivity (Wildman–Crippen MR) is 179 cm³/mol. The predicted octanol–water partition coefficient (Wildman–Crippen LogP) is 8.69. The third-order valence-corrected chi connectivity index (χ3v) is 6.52. The fourth-order valence-electron chi connectivity index (χ4n) is 4.68. The summed E-state index contributed by atoms with van der Waals surface area (Å²) in [7, 11) is 0. The topological polar surface area (TPSA) is 13.0 Å². The van der Waals surface area contributed by atoms with Crippen LogP contribution in [-0.4, -0.2) is 39.3 Å². The Bertz CT molecular complexity index is 1070. The highest BCUT2D eigenvalue weighted by Gasteiger charge is 2.15. The number of nitrogens with zero attached hydrogens (tertiary/aromatic N) is 4.